The van der Waals surface area contributed by atoms with Gasteiger partial charge in [-0.25, -0.2) is 4.99 Å². The molecule has 0 bridgehead atoms. The van der Waals surface area contributed by atoms with Crippen LogP contribution in [0.3, 0.4) is 0 Å². The molecule has 0 unspecified atom stereocenters. The summed E-state index contributed by atoms with van der Waals surface area (Å²) in [6, 6.07) is 8.85. The predicted molar refractivity (Wildman–Crippen MR) is 52.0 cm³/mol. The maximum Gasteiger partial charge on any atom is 0.210 e. The van der Waals surface area contributed by atoms with E-state index in [4.69, 9.17) is 0 Å². The molecule has 0 N–H and O–H groups in total. The second kappa shape index (κ2) is 5.14. The molecular formula is C10H11NO3. The van der Waals surface area contributed by atoms with E-state index in [1.807, 2.05) is 6.07 Å². The second-order valence-corrected chi connectivity index (χ2v) is 2.61. The molecule has 1 aromatic rings. The summed E-state index contributed by atoms with van der Waals surface area (Å²) in [7, 11) is 1.32. The highest BCUT2D eigenvalue weighted by Gasteiger charge is 2.09. The van der Waals surface area contributed by atoms with Crippen molar-refractivity contribution in [3.63, 3.8) is 0 Å². The Hall–Kier alpha value is -1.68. The lowest BCUT2D eigenvalue weighted by Gasteiger charge is -1.98. The molecule has 0 saturated carbocycles. The van der Waals surface area contributed by atoms with Gasteiger partial charge in [0, 0.05) is 5.56 Å². The number of carbonyl (C=O) groups excluding carboxylic acids is 1. The number of Topliss-reactive ketones (excluding diaryl/α,β-unsaturated/α-hetero) is 1. The summed E-state index contributed by atoms with van der Waals surface area (Å²) in [4.78, 5) is 20.1. The summed E-state index contributed by atoms with van der Waals surface area (Å²) in [5.74, 6) is -0.178. The van der Waals surface area contributed by atoms with Crippen molar-refractivity contribution in [3.05, 3.63) is 35.9 Å². The van der Waals surface area contributed by atoms with Gasteiger partial charge in [0.05, 0.1) is 7.11 Å². The van der Waals surface area contributed by atoms with Crippen LogP contribution < -0.4 is 0 Å². The first-order valence-corrected chi connectivity index (χ1v) is 4.10. The number of rotatable bonds is 4. The van der Waals surface area contributed by atoms with E-state index in [1.165, 1.54) is 7.11 Å². The molecule has 0 atom stereocenters. The van der Waals surface area contributed by atoms with Crippen LogP contribution in [0.1, 0.15) is 17.3 Å². The van der Waals surface area contributed by atoms with Gasteiger partial charge in [0.1, 0.15) is 5.71 Å². The molecule has 0 fully saturated rings. The van der Waals surface area contributed by atoms with E-state index < -0.39 is 0 Å². The number of carbonyl (C=O) groups is 1. The van der Waals surface area contributed by atoms with Gasteiger partial charge in [0.25, 0.3) is 0 Å². The van der Waals surface area contributed by atoms with Gasteiger partial charge in [-0.3, -0.25) is 4.79 Å². The normalized spacial score (nSPS) is 11.1. The van der Waals surface area contributed by atoms with Gasteiger partial charge in [-0.15, -0.1) is 0 Å². The highest BCUT2D eigenvalue weighted by atomic mass is 17.3. The lowest BCUT2D eigenvalue weighted by Crippen LogP contribution is -2.10. The summed E-state index contributed by atoms with van der Waals surface area (Å²) >= 11 is 0. The van der Waals surface area contributed by atoms with Gasteiger partial charge in [-0.1, -0.05) is 30.3 Å². The fraction of sp³-hybridized carbons (Fsp3) is 0.200. The first-order valence-electron chi connectivity index (χ1n) is 4.10. The van der Waals surface area contributed by atoms with Gasteiger partial charge in [-0.2, -0.15) is 4.89 Å². The molecular weight excluding hydrogens is 182 g/mol. The van der Waals surface area contributed by atoms with E-state index in [0.717, 1.165) is 0 Å². The van der Waals surface area contributed by atoms with Crippen LogP contribution in [0.4, 0.5) is 0 Å². The molecule has 4 nitrogen and oxygen atoms in total. The fourth-order valence-corrected chi connectivity index (χ4v) is 0.933. The number of nitrogens with zero attached hydrogens (tertiary/aromatic N) is 1. The molecule has 4 heteroatoms. The number of oxime groups is 1. The predicted octanol–water partition coefficient (Wildman–Crippen LogP) is 1.82. The minimum Gasteiger partial charge on any atom is -0.287 e. The molecule has 0 heterocycles. The van der Waals surface area contributed by atoms with E-state index >= 15 is 0 Å². The average Bonchev–Trinajstić information content (AvgIpc) is 2.26. The van der Waals surface area contributed by atoms with E-state index in [9.17, 15) is 4.79 Å². The van der Waals surface area contributed by atoms with Crippen LogP contribution in [-0.4, -0.2) is 18.6 Å². The van der Waals surface area contributed by atoms with E-state index in [2.05, 4.69) is 15.0 Å². The Balaban J connectivity index is 2.76. The Morgan fingerprint density at radius 3 is 2.50 bits per heavy atom. The first-order chi connectivity index (χ1) is 6.75. The van der Waals surface area contributed by atoms with Crippen LogP contribution in [-0.2, 0) is 9.88 Å². The van der Waals surface area contributed by atoms with Crippen molar-refractivity contribution in [3.8, 4) is 0 Å². The highest BCUT2D eigenvalue weighted by molar-refractivity contribution is 6.45. The number of hydrogen-bond acceptors (Lipinski definition) is 4. The van der Waals surface area contributed by atoms with Gasteiger partial charge in [0.2, 0.25) is 5.78 Å². The first kappa shape index (κ1) is 10.4. The quantitative estimate of drug-likeness (QED) is 0.317. The summed E-state index contributed by atoms with van der Waals surface area (Å²) in [6.45, 7) is 1.56. The van der Waals surface area contributed by atoms with Crippen molar-refractivity contribution in [1.82, 2.24) is 0 Å². The number of hydrogen-bond donors (Lipinski definition) is 0. The Morgan fingerprint density at radius 1 is 1.29 bits per heavy atom. The molecule has 0 amide bonds. The zero-order valence-electron chi connectivity index (χ0n) is 8.06. The van der Waals surface area contributed by atoms with Crippen molar-refractivity contribution >= 4 is 11.5 Å². The maximum atomic E-state index is 11.6. The Bertz CT molecular complexity index is 332. The number of benzene rings is 1. The largest absolute Gasteiger partial charge is 0.287 e. The monoisotopic (exact) mass is 193 g/mol. The van der Waals surface area contributed by atoms with Crippen LogP contribution in [0.2, 0.25) is 0 Å². The minimum atomic E-state index is -0.178. The van der Waals surface area contributed by atoms with Crippen molar-refractivity contribution < 1.29 is 14.7 Å². The molecule has 0 aliphatic rings. The topological polar surface area (TPSA) is 47.9 Å². The van der Waals surface area contributed by atoms with E-state index in [0.29, 0.717) is 5.56 Å². The molecule has 0 spiro atoms. The minimum absolute atomic E-state index is 0.178. The van der Waals surface area contributed by atoms with Crippen LogP contribution in [0.15, 0.2) is 35.5 Å². The van der Waals surface area contributed by atoms with Crippen LogP contribution in [0.25, 0.3) is 0 Å². The fourth-order valence-electron chi connectivity index (χ4n) is 0.933. The van der Waals surface area contributed by atoms with Crippen molar-refractivity contribution in [2.75, 3.05) is 7.11 Å². The molecule has 0 radical (unpaired) electrons. The molecule has 14 heavy (non-hydrogen) atoms. The molecule has 74 valence electrons. The van der Waals surface area contributed by atoms with Crippen molar-refractivity contribution in [1.29, 1.82) is 0 Å². The lowest BCUT2D eigenvalue weighted by molar-refractivity contribution is -0.273. The highest BCUT2D eigenvalue weighted by Crippen LogP contribution is 2.01. The van der Waals surface area contributed by atoms with Gasteiger partial charge >= 0.3 is 0 Å². The van der Waals surface area contributed by atoms with E-state index in [1.54, 1.807) is 31.2 Å². The standard InChI is InChI=1S/C10H11NO3/c1-8(11-14-13-2)10(12)9-6-4-3-5-7-9/h3-7H,1-2H3. The zero-order valence-corrected chi connectivity index (χ0v) is 8.06. The Kier molecular flexibility index (Phi) is 3.82. The van der Waals surface area contributed by atoms with Crippen LogP contribution >= 0.6 is 0 Å². The third-order valence-corrected chi connectivity index (χ3v) is 1.61. The number of ketones is 1. The van der Waals surface area contributed by atoms with E-state index in [-0.39, 0.29) is 11.5 Å². The summed E-state index contributed by atoms with van der Waals surface area (Å²) < 4.78 is 0. The summed E-state index contributed by atoms with van der Waals surface area (Å²) in [5.41, 5.74) is 0.825. The molecule has 0 aliphatic carbocycles. The van der Waals surface area contributed by atoms with Gasteiger partial charge in [-0.05, 0) is 12.1 Å². The Morgan fingerprint density at radius 2 is 1.93 bits per heavy atom. The van der Waals surface area contributed by atoms with Gasteiger partial charge < -0.3 is 0 Å². The van der Waals surface area contributed by atoms with Crippen molar-refractivity contribution in [2.24, 2.45) is 5.16 Å². The zero-order chi connectivity index (χ0) is 10.4. The molecule has 1 aromatic carbocycles. The Labute approximate surface area is 82.1 Å². The molecule has 0 aromatic heterocycles. The third-order valence-electron chi connectivity index (χ3n) is 1.61. The lowest BCUT2D eigenvalue weighted by atomic mass is 10.1. The molecule has 0 saturated heterocycles. The summed E-state index contributed by atoms with van der Waals surface area (Å²) in [6.07, 6.45) is 0. The molecule has 1 rings (SSSR count). The maximum absolute atomic E-state index is 11.6. The SMILES string of the molecule is COON=C(C)C(=O)c1ccccc1. The van der Waals surface area contributed by atoms with Crippen LogP contribution in [0.5, 0.6) is 0 Å². The van der Waals surface area contributed by atoms with Gasteiger partial charge in [0.15, 0.2) is 0 Å². The average molecular weight is 193 g/mol. The van der Waals surface area contributed by atoms with Crippen molar-refractivity contribution in [2.45, 2.75) is 6.92 Å². The molecule has 0 aliphatic heterocycles. The second-order valence-electron chi connectivity index (χ2n) is 2.61. The smallest absolute Gasteiger partial charge is 0.210 e. The summed E-state index contributed by atoms with van der Waals surface area (Å²) in [5, 5.41) is 3.46. The third kappa shape index (κ3) is 2.67. The van der Waals surface area contributed by atoms with Crippen LogP contribution in [0, 0.1) is 0 Å².